The van der Waals surface area contributed by atoms with Crippen LogP contribution in [0.3, 0.4) is 0 Å². The van der Waals surface area contributed by atoms with E-state index in [2.05, 4.69) is 43.9 Å². The van der Waals surface area contributed by atoms with Crippen molar-refractivity contribution in [2.75, 3.05) is 26.4 Å². The number of carbonyl (C=O) groups excluding carboxylic acids is 1. The molecular formula is C21H26N6OS. The minimum Gasteiger partial charge on any atom is -0.353 e. The molecule has 0 spiro atoms. The van der Waals surface area contributed by atoms with Crippen LogP contribution in [0.1, 0.15) is 22.7 Å². The zero-order valence-corrected chi connectivity index (χ0v) is 18.0. The van der Waals surface area contributed by atoms with Gasteiger partial charge in [-0.05, 0) is 55.6 Å². The Labute approximate surface area is 175 Å². The minimum absolute atomic E-state index is 0.0482. The lowest BCUT2D eigenvalue weighted by Crippen LogP contribution is -2.35. The number of hydrogen-bond acceptors (Lipinski definition) is 6. The Morgan fingerprint density at radius 1 is 1.17 bits per heavy atom. The number of likely N-dealkylation sites (N-methyl/N-ethyl adjacent to an activating group) is 1. The molecule has 0 saturated heterocycles. The van der Waals surface area contributed by atoms with Crippen molar-refractivity contribution in [1.82, 2.24) is 30.4 Å². The number of aromatic nitrogens is 4. The molecule has 3 aromatic rings. The maximum absolute atomic E-state index is 12.4. The molecular weight excluding hydrogens is 384 g/mol. The zero-order valence-electron chi connectivity index (χ0n) is 17.2. The van der Waals surface area contributed by atoms with E-state index in [0.29, 0.717) is 11.7 Å². The van der Waals surface area contributed by atoms with Gasteiger partial charge in [0.25, 0.3) is 0 Å². The molecule has 3 rings (SSSR count). The zero-order chi connectivity index (χ0) is 20.8. The lowest BCUT2D eigenvalue weighted by atomic mass is 10.1. The summed E-state index contributed by atoms with van der Waals surface area (Å²) in [4.78, 5) is 14.5. The number of carbonyl (C=O) groups is 1. The molecule has 0 unspecified atom stereocenters. The van der Waals surface area contributed by atoms with Crippen LogP contribution in [-0.4, -0.2) is 57.4 Å². The van der Waals surface area contributed by atoms with E-state index in [1.807, 2.05) is 58.3 Å². The number of hydrogen-bond donors (Lipinski definition) is 1. The first kappa shape index (κ1) is 21.0. The van der Waals surface area contributed by atoms with Gasteiger partial charge in [0.15, 0.2) is 0 Å². The molecule has 2 aromatic carbocycles. The van der Waals surface area contributed by atoms with Crippen LogP contribution in [0.2, 0.25) is 0 Å². The van der Waals surface area contributed by atoms with Gasteiger partial charge in [-0.15, -0.1) is 5.10 Å². The summed E-state index contributed by atoms with van der Waals surface area (Å²) < 4.78 is 1.68. The van der Waals surface area contributed by atoms with Gasteiger partial charge >= 0.3 is 0 Å². The number of aryl methyl sites for hydroxylation is 2. The van der Waals surface area contributed by atoms with Crippen LogP contribution in [0, 0.1) is 13.8 Å². The van der Waals surface area contributed by atoms with Crippen molar-refractivity contribution >= 4 is 17.7 Å². The average molecular weight is 411 g/mol. The minimum atomic E-state index is -0.0482. The fourth-order valence-corrected chi connectivity index (χ4v) is 3.84. The van der Waals surface area contributed by atoms with Gasteiger partial charge in [-0.2, -0.15) is 4.68 Å². The topological polar surface area (TPSA) is 75.9 Å². The number of thioether (sulfide) groups is 1. The normalized spacial score (nSPS) is 12.2. The van der Waals surface area contributed by atoms with Crippen molar-refractivity contribution in [1.29, 1.82) is 0 Å². The van der Waals surface area contributed by atoms with E-state index in [0.717, 1.165) is 11.3 Å². The largest absolute Gasteiger partial charge is 0.353 e. The lowest BCUT2D eigenvalue weighted by molar-refractivity contribution is -0.118. The average Bonchev–Trinajstić information content (AvgIpc) is 3.15. The third-order valence-electron chi connectivity index (χ3n) is 4.65. The predicted octanol–water partition coefficient (Wildman–Crippen LogP) is 2.79. The second-order valence-corrected chi connectivity index (χ2v) is 8.09. The van der Waals surface area contributed by atoms with Crippen molar-refractivity contribution < 1.29 is 4.79 Å². The Bertz CT molecular complexity index is 957. The van der Waals surface area contributed by atoms with Gasteiger partial charge in [-0.1, -0.05) is 59.8 Å². The maximum atomic E-state index is 12.4. The van der Waals surface area contributed by atoms with Crippen molar-refractivity contribution in [2.24, 2.45) is 0 Å². The van der Waals surface area contributed by atoms with Gasteiger partial charge in [-0.3, -0.25) is 4.79 Å². The molecule has 1 N–H and O–H groups in total. The molecule has 1 heterocycles. The number of nitrogens with zero attached hydrogens (tertiary/aromatic N) is 5. The molecule has 7 nitrogen and oxygen atoms in total. The van der Waals surface area contributed by atoms with Gasteiger partial charge in [-0.25, -0.2) is 0 Å². The highest BCUT2D eigenvalue weighted by Gasteiger charge is 2.16. The van der Waals surface area contributed by atoms with Crippen LogP contribution >= 0.6 is 11.8 Å². The van der Waals surface area contributed by atoms with Gasteiger partial charge in [0.1, 0.15) is 0 Å². The highest BCUT2D eigenvalue weighted by molar-refractivity contribution is 7.99. The van der Waals surface area contributed by atoms with Crippen LogP contribution in [0.4, 0.5) is 0 Å². The standard InChI is InChI=1S/C21H26N6OS/c1-15-10-11-18(16(2)12-15)27-21(23-24-25-27)29-14-20(28)22-13-19(26(3)4)17-8-6-5-7-9-17/h5-12,19H,13-14H2,1-4H3,(H,22,28)/t19-/m1/s1. The summed E-state index contributed by atoms with van der Waals surface area (Å²) in [6.07, 6.45) is 0. The fraction of sp³-hybridized carbons (Fsp3) is 0.333. The van der Waals surface area contributed by atoms with Gasteiger partial charge in [0.2, 0.25) is 11.1 Å². The summed E-state index contributed by atoms with van der Waals surface area (Å²) in [5.74, 6) is 0.202. The van der Waals surface area contributed by atoms with Crippen molar-refractivity contribution in [3.8, 4) is 5.69 Å². The summed E-state index contributed by atoms with van der Waals surface area (Å²) in [6, 6.07) is 16.4. The number of nitrogens with one attached hydrogen (secondary N) is 1. The Hall–Kier alpha value is -2.71. The summed E-state index contributed by atoms with van der Waals surface area (Å²) in [6.45, 7) is 4.61. The quantitative estimate of drug-likeness (QED) is 0.576. The molecule has 1 atom stereocenters. The number of rotatable bonds is 8. The smallest absolute Gasteiger partial charge is 0.230 e. The summed E-state index contributed by atoms with van der Waals surface area (Å²) in [5, 5.41) is 15.6. The van der Waals surface area contributed by atoms with Crippen LogP contribution in [-0.2, 0) is 4.79 Å². The molecule has 0 aliphatic carbocycles. The summed E-state index contributed by atoms with van der Waals surface area (Å²) >= 11 is 1.33. The van der Waals surface area contributed by atoms with Crippen molar-refractivity contribution in [3.05, 3.63) is 65.2 Å². The Morgan fingerprint density at radius 3 is 2.62 bits per heavy atom. The molecule has 152 valence electrons. The van der Waals surface area contributed by atoms with Crippen LogP contribution < -0.4 is 5.32 Å². The molecule has 0 aliphatic heterocycles. The molecule has 29 heavy (non-hydrogen) atoms. The first-order valence-electron chi connectivity index (χ1n) is 9.42. The van der Waals surface area contributed by atoms with E-state index in [1.165, 1.54) is 22.9 Å². The van der Waals surface area contributed by atoms with Crippen LogP contribution in [0.25, 0.3) is 5.69 Å². The third-order valence-corrected chi connectivity index (χ3v) is 5.57. The molecule has 8 heteroatoms. The summed E-state index contributed by atoms with van der Waals surface area (Å²) in [7, 11) is 4.02. The molecule has 0 radical (unpaired) electrons. The first-order chi connectivity index (χ1) is 14.0. The van der Waals surface area contributed by atoms with Crippen LogP contribution in [0.15, 0.2) is 53.7 Å². The van der Waals surface area contributed by atoms with E-state index in [-0.39, 0.29) is 17.7 Å². The van der Waals surface area contributed by atoms with Crippen LogP contribution in [0.5, 0.6) is 0 Å². The maximum Gasteiger partial charge on any atom is 0.230 e. The highest BCUT2D eigenvalue weighted by Crippen LogP contribution is 2.21. The molecule has 0 aliphatic rings. The van der Waals surface area contributed by atoms with E-state index in [9.17, 15) is 4.79 Å². The van der Waals surface area contributed by atoms with Gasteiger partial charge < -0.3 is 10.2 Å². The van der Waals surface area contributed by atoms with Gasteiger partial charge in [0.05, 0.1) is 17.5 Å². The SMILES string of the molecule is Cc1ccc(-n2nnnc2SCC(=O)NC[C@H](c2ccccc2)N(C)C)c(C)c1. The number of amides is 1. The predicted molar refractivity (Wildman–Crippen MR) is 115 cm³/mol. The molecule has 0 fully saturated rings. The lowest BCUT2D eigenvalue weighted by Gasteiger charge is -2.25. The molecule has 0 bridgehead atoms. The fourth-order valence-electron chi connectivity index (χ4n) is 3.13. The first-order valence-corrected chi connectivity index (χ1v) is 10.4. The third kappa shape index (κ3) is 5.42. The Balaban J connectivity index is 1.60. The molecule has 1 amide bonds. The molecule has 0 saturated carbocycles. The highest BCUT2D eigenvalue weighted by atomic mass is 32.2. The van der Waals surface area contributed by atoms with Gasteiger partial charge in [0, 0.05) is 6.54 Å². The van der Waals surface area contributed by atoms with E-state index >= 15 is 0 Å². The van der Waals surface area contributed by atoms with Crippen molar-refractivity contribution in [2.45, 2.75) is 25.0 Å². The number of benzene rings is 2. The molecule has 1 aromatic heterocycles. The summed E-state index contributed by atoms with van der Waals surface area (Å²) in [5.41, 5.74) is 4.35. The monoisotopic (exact) mass is 410 g/mol. The number of tetrazole rings is 1. The Kier molecular flexibility index (Phi) is 7.00. The second-order valence-electron chi connectivity index (χ2n) is 7.15. The van der Waals surface area contributed by atoms with E-state index in [4.69, 9.17) is 0 Å². The Morgan fingerprint density at radius 2 is 1.93 bits per heavy atom. The second kappa shape index (κ2) is 9.67. The van der Waals surface area contributed by atoms with E-state index in [1.54, 1.807) is 4.68 Å². The van der Waals surface area contributed by atoms with Crippen molar-refractivity contribution in [3.63, 3.8) is 0 Å². The van der Waals surface area contributed by atoms with E-state index < -0.39 is 0 Å².